The van der Waals surface area contributed by atoms with E-state index in [1.54, 1.807) is 36.6 Å². The molecule has 2 aromatic heterocycles. The number of ketones is 1. The molecule has 2 heterocycles. The number of amides is 1. The monoisotopic (exact) mass is 537 g/mol. The zero-order chi connectivity index (χ0) is 23.8. The molecule has 0 saturated carbocycles. The Balaban J connectivity index is 1.49. The molecule has 6 nitrogen and oxygen atoms in total. The highest BCUT2D eigenvalue weighted by Gasteiger charge is 2.24. The molecule has 0 fully saturated rings. The van der Waals surface area contributed by atoms with E-state index in [9.17, 15) is 9.59 Å². The molecule has 1 N–H and O–H groups in total. The number of benzene rings is 3. The van der Waals surface area contributed by atoms with Gasteiger partial charge in [-0.1, -0.05) is 39.7 Å². The molecule has 5 rings (SSSR count). The third kappa shape index (κ3) is 4.08. The van der Waals surface area contributed by atoms with Gasteiger partial charge in [-0.05, 0) is 48.5 Å². The van der Waals surface area contributed by atoms with E-state index in [0.29, 0.717) is 38.6 Å². The number of ether oxygens (including phenoxy) is 1. The Morgan fingerprint density at radius 1 is 1.03 bits per heavy atom. The highest BCUT2D eigenvalue weighted by Crippen LogP contribution is 2.34. The van der Waals surface area contributed by atoms with Gasteiger partial charge in [0.25, 0.3) is 0 Å². The van der Waals surface area contributed by atoms with Crippen LogP contribution in [0.3, 0.4) is 0 Å². The van der Waals surface area contributed by atoms with Crippen LogP contribution in [0.4, 0.5) is 5.69 Å². The first-order valence-electron chi connectivity index (χ1n) is 10.3. The fourth-order valence-electron chi connectivity index (χ4n) is 3.82. The summed E-state index contributed by atoms with van der Waals surface area (Å²) in [6.45, 7) is 0. The predicted molar refractivity (Wildman–Crippen MR) is 134 cm³/mol. The summed E-state index contributed by atoms with van der Waals surface area (Å²) in [4.78, 5) is 26.4. The number of anilines is 1. The Morgan fingerprint density at radius 2 is 1.85 bits per heavy atom. The predicted octanol–water partition coefficient (Wildman–Crippen LogP) is 7.02. The van der Waals surface area contributed by atoms with E-state index in [0.717, 1.165) is 15.4 Å². The number of nitrogens with one attached hydrogen (secondary N) is 1. The highest BCUT2D eigenvalue weighted by atomic mass is 79.9. The summed E-state index contributed by atoms with van der Waals surface area (Å²) >= 11 is 9.66. The summed E-state index contributed by atoms with van der Waals surface area (Å²) in [5.74, 6) is -0.240. The zero-order valence-corrected chi connectivity index (χ0v) is 20.2. The van der Waals surface area contributed by atoms with Crippen molar-refractivity contribution in [2.75, 3.05) is 12.4 Å². The topological polar surface area (TPSA) is 81.7 Å². The molecule has 1 amide bonds. The minimum atomic E-state index is -0.409. The molecule has 0 unspecified atom stereocenters. The SMILES string of the molecule is COc1ccc(C(=O)c2oc3ccccc3c2NC(=O)Cc2coc3ccc(Br)cc23)cc1Cl. The molecule has 5 aromatic rings. The molecule has 0 aliphatic carbocycles. The van der Waals surface area contributed by atoms with Gasteiger partial charge in [0.2, 0.25) is 11.7 Å². The summed E-state index contributed by atoms with van der Waals surface area (Å²) < 4.78 is 17.5. The van der Waals surface area contributed by atoms with Gasteiger partial charge in [0, 0.05) is 26.4 Å². The maximum atomic E-state index is 13.3. The van der Waals surface area contributed by atoms with Crippen LogP contribution in [0, 0.1) is 0 Å². The Hall–Kier alpha value is -3.55. The highest BCUT2D eigenvalue weighted by molar-refractivity contribution is 9.10. The number of methoxy groups -OCH3 is 1. The maximum absolute atomic E-state index is 13.3. The number of hydrogen-bond donors (Lipinski definition) is 1. The quantitative estimate of drug-likeness (QED) is 0.235. The van der Waals surface area contributed by atoms with Crippen LogP contribution in [0.25, 0.3) is 21.9 Å². The van der Waals surface area contributed by atoms with Gasteiger partial charge in [0.05, 0.1) is 30.5 Å². The first-order chi connectivity index (χ1) is 16.4. The van der Waals surface area contributed by atoms with Gasteiger partial charge in [-0.25, -0.2) is 0 Å². The van der Waals surface area contributed by atoms with Crippen molar-refractivity contribution in [1.29, 1.82) is 0 Å². The second kappa shape index (κ2) is 9.00. The fourth-order valence-corrected chi connectivity index (χ4v) is 4.43. The van der Waals surface area contributed by atoms with Crippen molar-refractivity contribution < 1.29 is 23.2 Å². The van der Waals surface area contributed by atoms with Gasteiger partial charge in [-0.15, -0.1) is 0 Å². The van der Waals surface area contributed by atoms with Crippen LogP contribution in [0.1, 0.15) is 21.7 Å². The lowest BCUT2D eigenvalue weighted by Gasteiger charge is -2.07. The van der Waals surface area contributed by atoms with E-state index in [-0.39, 0.29) is 18.1 Å². The van der Waals surface area contributed by atoms with Gasteiger partial charge in [0.1, 0.15) is 16.9 Å². The number of halogens is 2. The summed E-state index contributed by atoms with van der Waals surface area (Å²) in [6.07, 6.45) is 1.63. The first-order valence-corrected chi connectivity index (χ1v) is 11.5. The molecule has 0 radical (unpaired) electrons. The van der Waals surface area contributed by atoms with E-state index < -0.39 is 5.78 Å². The molecule has 34 heavy (non-hydrogen) atoms. The Labute approximate surface area is 207 Å². The first kappa shape index (κ1) is 22.3. The second-order valence-electron chi connectivity index (χ2n) is 7.61. The fraction of sp³-hybridized carbons (Fsp3) is 0.0769. The third-order valence-corrected chi connectivity index (χ3v) is 6.24. The van der Waals surface area contributed by atoms with Crippen LogP contribution in [-0.4, -0.2) is 18.8 Å². The third-order valence-electron chi connectivity index (χ3n) is 5.45. The van der Waals surface area contributed by atoms with Crippen molar-refractivity contribution in [2.45, 2.75) is 6.42 Å². The van der Waals surface area contributed by atoms with E-state index >= 15 is 0 Å². The van der Waals surface area contributed by atoms with Crippen LogP contribution >= 0.6 is 27.5 Å². The molecule has 0 spiro atoms. The lowest BCUT2D eigenvalue weighted by atomic mass is 10.1. The van der Waals surface area contributed by atoms with Crippen molar-refractivity contribution in [3.8, 4) is 5.75 Å². The van der Waals surface area contributed by atoms with Crippen LogP contribution in [0.2, 0.25) is 5.02 Å². The molecular weight excluding hydrogens is 522 g/mol. The number of furan rings is 2. The number of rotatable bonds is 6. The number of fused-ring (bicyclic) bond motifs is 2. The van der Waals surface area contributed by atoms with Crippen LogP contribution in [0.5, 0.6) is 5.75 Å². The number of hydrogen-bond acceptors (Lipinski definition) is 5. The minimum Gasteiger partial charge on any atom is -0.495 e. The number of carbonyl (C=O) groups is 2. The van der Waals surface area contributed by atoms with Gasteiger partial charge in [-0.3, -0.25) is 9.59 Å². The summed E-state index contributed by atoms with van der Waals surface area (Å²) in [5.41, 5.74) is 2.53. The van der Waals surface area contributed by atoms with E-state index in [1.807, 2.05) is 24.3 Å². The van der Waals surface area contributed by atoms with Crippen LogP contribution in [-0.2, 0) is 11.2 Å². The molecule has 0 saturated heterocycles. The average molecular weight is 539 g/mol. The largest absolute Gasteiger partial charge is 0.495 e. The molecule has 0 aliphatic rings. The lowest BCUT2D eigenvalue weighted by molar-refractivity contribution is -0.115. The molecule has 8 heteroatoms. The van der Waals surface area contributed by atoms with Crippen LogP contribution in [0.15, 0.2) is 80.2 Å². The van der Waals surface area contributed by atoms with Gasteiger partial charge >= 0.3 is 0 Å². The molecular formula is C26H17BrClNO5. The normalized spacial score (nSPS) is 11.1. The zero-order valence-electron chi connectivity index (χ0n) is 17.9. The van der Waals surface area contributed by atoms with E-state index in [2.05, 4.69) is 21.2 Å². The Kier molecular flexibility index (Phi) is 5.89. The van der Waals surface area contributed by atoms with Gasteiger partial charge < -0.3 is 18.9 Å². The van der Waals surface area contributed by atoms with Crippen molar-refractivity contribution in [3.63, 3.8) is 0 Å². The minimum absolute atomic E-state index is 0.0237. The van der Waals surface area contributed by atoms with E-state index in [4.69, 9.17) is 25.2 Å². The molecule has 0 atom stereocenters. The average Bonchev–Trinajstić information content (AvgIpc) is 3.39. The summed E-state index contributed by atoms with van der Waals surface area (Å²) in [7, 11) is 1.50. The van der Waals surface area contributed by atoms with Crippen molar-refractivity contribution in [1.82, 2.24) is 0 Å². The molecule has 0 bridgehead atoms. The Bertz CT molecular complexity index is 1570. The van der Waals surface area contributed by atoms with Crippen molar-refractivity contribution in [3.05, 3.63) is 93.3 Å². The molecule has 3 aromatic carbocycles. The van der Waals surface area contributed by atoms with Gasteiger partial charge in [-0.2, -0.15) is 0 Å². The Morgan fingerprint density at radius 3 is 2.65 bits per heavy atom. The maximum Gasteiger partial charge on any atom is 0.230 e. The number of para-hydroxylation sites is 1. The smallest absolute Gasteiger partial charge is 0.230 e. The summed E-state index contributed by atoms with van der Waals surface area (Å²) in [6, 6.07) is 17.5. The van der Waals surface area contributed by atoms with Crippen molar-refractivity contribution in [2.24, 2.45) is 0 Å². The standard InChI is InChI=1S/C26H17BrClNO5/c1-32-22-8-6-14(10-19(22)28)25(31)26-24(17-4-2-3-5-21(17)34-26)29-23(30)11-15-13-33-20-9-7-16(27)12-18(15)20/h2-10,12-13H,11H2,1H3,(H,29,30). The lowest BCUT2D eigenvalue weighted by Crippen LogP contribution is -2.16. The van der Waals surface area contributed by atoms with Crippen LogP contribution < -0.4 is 10.1 Å². The number of carbonyl (C=O) groups excluding carboxylic acids is 2. The van der Waals surface area contributed by atoms with E-state index in [1.165, 1.54) is 13.2 Å². The molecule has 170 valence electrons. The van der Waals surface area contributed by atoms with Crippen molar-refractivity contribution >= 4 is 66.8 Å². The summed E-state index contributed by atoms with van der Waals surface area (Å²) in [5, 5.41) is 4.64. The second-order valence-corrected chi connectivity index (χ2v) is 8.93. The van der Waals surface area contributed by atoms with Gasteiger partial charge in [0.15, 0.2) is 5.76 Å². The molecule has 0 aliphatic heterocycles.